The molecule has 1 aliphatic rings. The summed E-state index contributed by atoms with van der Waals surface area (Å²) in [5.41, 5.74) is 1.46. The maximum Gasteiger partial charge on any atom is 0.300 e. The molecule has 0 aromatic heterocycles. The quantitative estimate of drug-likeness (QED) is 0.302. The molecule has 1 aliphatic heterocycles. The summed E-state index contributed by atoms with van der Waals surface area (Å²) in [7, 11) is 1.51. The number of amides is 1. The SMILES string of the molecule is CCOc1cccc(C2/C(=C(/O)c3cccc(OC)c3)C(=O)C(=O)N2c2ccc(Cl)cc2)c1. The number of Topliss-reactive ketones (excluding diaryl/α,β-unsaturated/α-hetero) is 1. The molecule has 1 fully saturated rings. The fourth-order valence-corrected chi connectivity index (χ4v) is 4.01. The van der Waals surface area contributed by atoms with Gasteiger partial charge in [0.25, 0.3) is 11.7 Å². The molecule has 7 heteroatoms. The van der Waals surface area contributed by atoms with Crippen molar-refractivity contribution in [2.24, 2.45) is 0 Å². The molecule has 1 saturated heterocycles. The fourth-order valence-electron chi connectivity index (χ4n) is 3.88. The summed E-state index contributed by atoms with van der Waals surface area (Å²) in [6.45, 7) is 2.33. The normalized spacial score (nSPS) is 17.3. The van der Waals surface area contributed by atoms with E-state index in [1.807, 2.05) is 6.92 Å². The predicted octanol–water partition coefficient (Wildman–Crippen LogP) is 5.37. The smallest absolute Gasteiger partial charge is 0.300 e. The van der Waals surface area contributed by atoms with E-state index < -0.39 is 17.7 Å². The average Bonchev–Trinajstić information content (AvgIpc) is 3.10. The van der Waals surface area contributed by atoms with Crippen molar-refractivity contribution < 1.29 is 24.2 Å². The molecule has 3 aromatic rings. The van der Waals surface area contributed by atoms with Crippen molar-refractivity contribution in [2.75, 3.05) is 18.6 Å². The minimum Gasteiger partial charge on any atom is -0.507 e. The summed E-state index contributed by atoms with van der Waals surface area (Å²) < 4.78 is 10.9. The van der Waals surface area contributed by atoms with Gasteiger partial charge in [-0.2, -0.15) is 0 Å². The average molecular weight is 464 g/mol. The van der Waals surface area contributed by atoms with Crippen LogP contribution in [0.2, 0.25) is 5.02 Å². The summed E-state index contributed by atoms with van der Waals surface area (Å²) >= 11 is 6.03. The molecule has 1 heterocycles. The number of rotatable bonds is 6. The lowest BCUT2D eigenvalue weighted by Gasteiger charge is -2.26. The van der Waals surface area contributed by atoms with Crippen LogP contribution in [0.1, 0.15) is 24.1 Å². The van der Waals surface area contributed by atoms with Crippen molar-refractivity contribution in [3.05, 3.63) is 94.5 Å². The Bertz CT molecular complexity index is 1240. The number of anilines is 1. The number of hydrogen-bond acceptors (Lipinski definition) is 5. The largest absolute Gasteiger partial charge is 0.507 e. The van der Waals surface area contributed by atoms with Gasteiger partial charge in [-0.15, -0.1) is 0 Å². The second kappa shape index (κ2) is 9.38. The molecule has 0 radical (unpaired) electrons. The lowest BCUT2D eigenvalue weighted by molar-refractivity contribution is -0.132. The van der Waals surface area contributed by atoms with Gasteiger partial charge in [-0.3, -0.25) is 14.5 Å². The lowest BCUT2D eigenvalue weighted by Crippen LogP contribution is -2.29. The summed E-state index contributed by atoms with van der Waals surface area (Å²) in [6, 6.07) is 19.6. The second-order valence-electron chi connectivity index (χ2n) is 7.38. The van der Waals surface area contributed by atoms with E-state index >= 15 is 0 Å². The fraction of sp³-hybridized carbons (Fsp3) is 0.154. The van der Waals surface area contributed by atoms with Gasteiger partial charge in [0.1, 0.15) is 17.3 Å². The maximum atomic E-state index is 13.2. The van der Waals surface area contributed by atoms with Gasteiger partial charge in [-0.05, 0) is 61.0 Å². The van der Waals surface area contributed by atoms with Crippen LogP contribution in [0.5, 0.6) is 11.5 Å². The highest BCUT2D eigenvalue weighted by atomic mass is 35.5. The van der Waals surface area contributed by atoms with E-state index in [9.17, 15) is 14.7 Å². The Morgan fingerprint density at radius 3 is 2.39 bits per heavy atom. The van der Waals surface area contributed by atoms with Crippen LogP contribution in [0.4, 0.5) is 5.69 Å². The highest BCUT2D eigenvalue weighted by molar-refractivity contribution is 6.51. The first kappa shape index (κ1) is 22.4. The van der Waals surface area contributed by atoms with Crippen LogP contribution in [0.3, 0.4) is 0 Å². The third-order valence-corrected chi connectivity index (χ3v) is 5.63. The van der Waals surface area contributed by atoms with Gasteiger partial charge < -0.3 is 14.6 Å². The van der Waals surface area contributed by atoms with E-state index in [2.05, 4.69) is 0 Å². The van der Waals surface area contributed by atoms with Crippen LogP contribution in [-0.4, -0.2) is 30.5 Å². The van der Waals surface area contributed by atoms with Crippen LogP contribution in [0.15, 0.2) is 78.4 Å². The number of ether oxygens (including phenoxy) is 2. The molecule has 0 spiro atoms. The highest BCUT2D eigenvalue weighted by Crippen LogP contribution is 2.43. The first-order chi connectivity index (χ1) is 15.9. The molecule has 0 saturated carbocycles. The Balaban J connectivity index is 1.93. The highest BCUT2D eigenvalue weighted by Gasteiger charge is 2.47. The second-order valence-corrected chi connectivity index (χ2v) is 7.82. The monoisotopic (exact) mass is 463 g/mol. The van der Waals surface area contributed by atoms with Gasteiger partial charge in [0, 0.05) is 16.3 Å². The third kappa shape index (κ3) is 4.30. The number of hydrogen-bond donors (Lipinski definition) is 1. The molecule has 4 rings (SSSR count). The van der Waals surface area contributed by atoms with E-state index in [1.54, 1.807) is 72.8 Å². The molecular weight excluding hydrogens is 442 g/mol. The summed E-state index contributed by atoms with van der Waals surface area (Å²) in [6.07, 6.45) is 0. The number of methoxy groups -OCH3 is 1. The first-order valence-corrected chi connectivity index (χ1v) is 10.8. The zero-order valence-electron chi connectivity index (χ0n) is 18.1. The number of aliphatic hydroxyl groups is 1. The lowest BCUT2D eigenvalue weighted by atomic mass is 9.95. The van der Waals surface area contributed by atoms with Crippen LogP contribution in [-0.2, 0) is 9.59 Å². The maximum absolute atomic E-state index is 13.2. The van der Waals surface area contributed by atoms with Gasteiger partial charge in [-0.1, -0.05) is 35.9 Å². The van der Waals surface area contributed by atoms with Crippen LogP contribution >= 0.6 is 11.6 Å². The number of ketones is 1. The number of nitrogens with zero attached hydrogens (tertiary/aromatic N) is 1. The van der Waals surface area contributed by atoms with Gasteiger partial charge >= 0.3 is 0 Å². The Hall–Kier alpha value is -3.77. The van der Waals surface area contributed by atoms with Gasteiger partial charge in [-0.25, -0.2) is 0 Å². The number of carbonyl (C=O) groups excluding carboxylic acids is 2. The Morgan fingerprint density at radius 2 is 1.70 bits per heavy atom. The molecule has 168 valence electrons. The number of halogens is 1. The summed E-state index contributed by atoms with van der Waals surface area (Å²) in [5, 5.41) is 11.7. The molecule has 0 aliphatic carbocycles. The molecule has 0 bridgehead atoms. The number of aliphatic hydroxyl groups excluding tert-OH is 1. The van der Waals surface area contributed by atoms with E-state index in [1.165, 1.54) is 12.0 Å². The van der Waals surface area contributed by atoms with Crippen LogP contribution in [0.25, 0.3) is 5.76 Å². The molecule has 1 unspecified atom stereocenters. The van der Waals surface area contributed by atoms with Gasteiger partial charge in [0.2, 0.25) is 0 Å². The molecule has 1 amide bonds. The minimum absolute atomic E-state index is 0.0168. The van der Waals surface area contributed by atoms with Crippen molar-refractivity contribution >= 4 is 34.7 Å². The first-order valence-electron chi connectivity index (χ1n) is 10.4. The number of benzene rings is 3. The van der Waals surface area contributed by atoms with E-state index in [-0.39, 0.29) is 11.3 Å². The molecule has 3 aromatic carbocycles. The standard InChI is InChI=1S/C26H22ClNO5/c1-3-33-21-9-4-6-16(14-21)23-22(24(29)17-7-5-8-20(15-17)32-2)25(30)26(31)28(23)19-12-10-18(27)11-13-19/h4-15,23,29H,3H2,1-2H3/b24-22-. The molecular formula is C26H22ClNO5. The predicted molar refractivity (Wildman–Crippen MR) is 127 cm³/mol. The van der Waals surface area contributed by atoms with Crippen LogP contribution < -0.4 is 14.4 Å². The van der Waals surface area contributed by atoms with Crippen molar-refractivity contribution in [3.63, 3.8) is 0 Å². The summed E-state index contributed by atoms with van der Waals surface area (Å²) in [5.74, 6) is -0.694. The van der Waals surface area contributed by atoms with Crippen LogP contribution in [0, 0.1) is 0 Å². The Morgan fingerprint density at radius 1 is 1.00 bits per heavy atom. The summed E-state index contributed by atoms with van der Waals surface area (Å²) in [4.78, 5) is 27.8. The van der Waals surface area contributed by atoms with Crippen molar-refractivity contribution in [2.45, 2.75) is 13.0 Å². The van der Waals surface area contributed by atoms with Gasteiger partial charge in [0.15, 0.2) is 0 Å². The van der Waals surface area contributed by atoms with E-state index in [4.69, 9.17) is 21.1 Å². The van der Waals surface area contributed by atoms with E-state index in [0.29, 0.717) is 39.9 Å². The van der Waals surface area contributed by atoms with Gasteiger partial charge in [0.05, 0.1) is 25.3 Å². The molecule has 1 N–H and O–H groups in total. The minimum atomic E-state index is -0.863. The number of carbonyl (C=O) groups is 2. The van der Waals surface area contributed by atoms with Crippen molar-refractivity contribution in [1.29, 1.82) is 0 Å². The zero-order valence-corrected chi connectivity index (χ0v) is 18.9. The molecule has 6 nitrogen and oxygen atoms in total. The Kier molecular flexibility index (Phi) is 6.38. The van der Waals surface area contributed by atoms with E-state index in [0.717, 1.165) is 0 Å². The topological polar surface area (TPSA) is 76.1 Å². The zero-order chi connectivity index (χ0) is 23.5. The van der Waals surface area contributed by atoms with Crippen molar-refractivity contribution in [3.8, 4) is 11.5 Å². The molecule has 1 atom stereocenters. The third-order valence-electron chi connectivity index (χ3n) is 5.38. The molecule has 33 heavy (non-hydrogen) atoms. The van der Waals surface area contributed by atoms with Crippen molar-refractivity contribution in [1.82, 2.24) is 0 Å². The Labute approximate surface area is 196 Å².